The summed E-state index contributed by atoms with van der Waals surface area (Å²) in [5, 5.41) is 7.31. The van der Waals surface area contributed by atoms with Gasteiger partial charge in [0, 0.05) is 10.8 Å². The largest absolute Gasteiger partial charge is 0.228 e. The highest BCUT2D eigenvalue weighted by Crippen LogP contribution is 2.29. The molecule has 138 valence electrons. The van der Waals surface area contributed by atoms with Crippen molar-refractivity contribution in [1.82, 2.24) is 14.8 Å². The number of aryl methyl sites for hydroxylation is 1. The van der Waals surface area contributed by atoms with E-state index in [2.05, 4.69) is 64.1 Å². The average molecular weight is 358 g/mol. The molecule has 0 aliphatic heterocycles. The maximum Gasteiger partial charge on any atom is 0.163 e. The summed E-state index contributed by atoms with van der Waals surface area (Å²) in [5.74, 6) is 0. The van der Waals surface area contributed by atoms with E-state index in [0.717, 1.165) is 41.8 Å². The fourth-order valence-electron chi connectivity index (χ4n) is 3.51. The number of pyridine rings is 1. The maximum atomic E-state index is 5.01. The van der Waals surface area contributed by atoms with Gasteiger partial charge in [-0.15, -0.1) is 0 Å². The van der Waals surface area contributed by atoms with Gasteiger partial charge < -0.3 is 0 Å². The Morgan fingerprint density at radius 1 is 0.963 bits per heavy atom. The molecule has 2 aromatic heterocycles. The molecule has 0 bridgehead atoms. The minimum absolute atomic E-state index is 0.127. The molecule has 0 radical (unpaired) electrons. The van der Waals surface area contributed by atoms with E-state index >= 15 is 0 Å². The molecule has 0 spiro atoms. The highest BCUT2D eigenvalue weighted by molar-refractivity contribution is 5.93. The summed E-state index contributed by atoms with van der Waals surface area (Å²) < 4.78 is 2.00. The van der Waals surface area contributed by atoms with Crippen LogP contribution in [0.5, 0.6) is 0 Å². The van der Waals surface area contributed by atoms with Crippen molar-refractivity contribution < 1.29 is 0 Å². The quantitative estimate of drug-likeness (QED) is 0.434. The smallest absolute Gasteiger partial charge is 0.163 e. The second kappa shape index (κ2) is 6.80. The van der Waals surface area contributed by atoms with E-state index < -0.39 is 0 Å². The third-order valence-corrected chi connectivity index (χ3v) is 5.16. The number of hydrogen-bond donors (Lipinski definition) is 0. The van der Waals surface area contributed by atoms with Gasteiger partial charge in [0.1, 0.15) is 0 Å². The fraction of sp³-hybridized carbons (Fsp3) is 0.333. The van der Waals surface area contributed by atoms with Gasteiger partial charge in [0.25, 0.3) is 0 Å². The molecular weight excluding hydrogens is 330 g/mol. The van der Waals surface area contributed by atoms with E-state index in [0.29, 0.717) is 0 Å². The zero-order chi connectivity index (χ0) is 19.0. The lowest BCUT2D eigenvalue weighted by Crippen LogP contribution is -2.10. The Hall–Kier alpha value is -2.68. The number of hydrogen-bond acceptors (Lipinski definition) is 2. The van der Waals surface area contributed by atoms with Crippen LogP contribution in [-0.4, -0.2) is 14.8 Å². The molecule has 0 saturated carbocycles. The van der Waals surface area contributed by atoms with Crippen LogP contribution in [0.2, 0.25) is 0 Å². The Kier molecular flexibility index (Phi) is 4.47. The van der Waals surface area contributed by atoms with Crippen molar-refractivity contribution in [1.29, 1.82) is 0 Å². The van der Waals surface area contributed by atoms with Gasteiger partial charge in [0.05, 0.1) is 16.9 Å². The molecule has 4 aromatic rings. The first-order valence-electron chi connectivity index (χ1n) is 9.85. The zero-order valence-corrected chi connectivity index (χ0v) is 16.7. The molecule has 0 unspecified atom stereocenters. The summed E-state index contributed by atoms with van der Waals surface area (Å²) in [4.78, 5) is 5.01. The molecule has 4 rings (SSSR count). The van der Waals surface area contributed by atoms with Crippen molar-refractivity contribution >= 4 is 21.9 Å². The lowest BCUT2D eigenvalue weighted by Gasteiger charge is -2.19. The van der Waals surface area contributed by atoms with E-state index in [1.54, 1.807) is 0 Å². The minimum Gasteiger partial charge on any atom is -0.228 e. The molecule has 27 heavy (non-hydrogen) atoms. The normalized spacial score (nSPS) is 12.1. The number of fused-ring (bicyclic) bond motifs is 2. The van der Waals surface area contributed by atoms with Crippen molar-refractivity contribution in [2.24, 2.45) is 0 Å². The van der Waals surface area contributed by atoms with Crippen LogP contribution in [0, 0.1) is 0 Å². The van der Waals surface area contributed by atoms with Gasteiger partial charge in [-0.3, -0.25) is 0 Å². The van der Waals surface area contributed by atoms with Crippen LogP contribution in [0.4, 0.5) is 0 Å². The summed E-state index contributed by atoms with van der Waals surface area (Å²) in [5.41, 5.74) is 5.64. The summed E-state index contributed by atoms with van der Waals surface area (Å²) in [6.07, 6.45) is 3.29. The van der Waals surface area contributed by atoms with Crippen LogP contribution in [0.1, 0.15) is 51.8 Å². The number of unbranched alkanes of at least 4 members (excludes halogenated alkanes) is 1. The monoisotopic (exact) mass is 357 g/mol. The SMILES string of the molecule is CCCCc1nn(-c2ccccc2)c2nc3ccc(C(C)(C)C)cc3cc12. The Morgan fingerprint density at radius 2 is 1.74 bits per heavy atom. The number of para-hydroxylation sites is 1. The lowest BCUT2D eigenvalue weighted by molar-refractivity contribution is 0.591. The molecule has 2 aromatic carbocycles. The van der Waals surface area contributed by atoms with E-state index in [-0.39, 0.29) is 5.41 Å². The van der Waals surface area contributed by atoms with Gasteiger partial charge in [-0.1, -0.05) is 58.4 Å². The predicted octanol–water partition coefficient (Wildman–Crippen LogP) is 6.21. The lowest BCUT2D eigenvalue weighted by atomic mass is 9.86. The van der Waals surface area contributed by atoms with Gasteiger partial charge in [-0.25, -0.2) is 9.67 Å². The zero-order valence-electron chi connectivity index (χ0n) is 16.7. The van der Waals surface area contributed by atoms with E-state index in [1.165, 1.54) is 16.3 Å². The summed E-state index contributed by atoms with van der Waals surface area (Å²) in [6.45, 7) is 8.97. The Morgan fingerprint density at radius 3 is 2.44 bits per heavy atom. The Bertz CT molecular complexity index is 1090. The molecule has 3 nitrogen and oxygen atoms in total. The van der Waals surface area contributed by atoms with Gasteiger partial charge in [-0.05, 0) is 54.2 Å². The average Bonchev–Trinajstić information content (AvgIpc) is 3.01. The van der Waals surface area contributed by atoms with Crippen molar-refractivity contribution in [3.63, 3.8) is 0 Å². The topological polar surface area (TPSA) is 30.7 Å². The summed E-state index contributed by atoms with van der Waals surface area (Å²) in [7, 11) is 0. The van der Waals surface area contributed by atoms with Crippen LogP contribution in [-0.2, 0) is 11.8 Å². The third kappa shape index (κ3) is 3.34. The highest BCUT2D eigenvalue weighted by Gasteiger charge is 2.17. The molecule has 0 N–H and O–H groups in total. The molecule has 2 heterocycles. The minimum atomic E-state index is 0.127. The molecule has 0 aliphatic rings. The molecule has 0 amide bonds. The first-order valence-corrected chi connectivity index (χ1v) is 9.85. The van der Waals surface area contributed by atoms with Crippen molar-refractivity contribution in [3.05, 3.63) is 65.9 Å². The van der Waals surface area contributed by atoms with Crippen LogP contribution < -0.4 is 0 Å². The van der Waals surface area contributed by atoms with Crippen LogP contribution in [0.15, 0.2) is 54.6 Å². The molecule has 0 aliphatic carbocycles. The standard InChI is InChI=1S/C24H27N3/c1-5-6-12-22-20-16-17-15-18(24(2,3)4)13-14-21(17)25-23(20)27(26-22)19-10-8-7-9-11-19/h7-11,13-16H,5-6,12H2,1-4H3. The first kappa shape index (κ1) is 17.7. The van der Waals surface area contributed by atoms with Gasteiger partial charge in [0.2, 0.25) is 0 Å². The maximum absolute atomic E-state index is 5.01. The number of rotatable bonds is 4. The van der Waals surface area contributed by atoms with Crippen LogP contribution >= 0.6 is 0 Å². The number of benzene rings is 2. The molecule has 0 atom stereocenters. The highest BCUT2D eigenvalue weighted by atomic mass is 15.3. The van der Waals surface area contributed by atoms with Crippen LogP contribution in [0.25, 0.3) is 27.6 Å². The second-order valence-electron chi connectivity index (χ2n) is 8.31. The Balaban J connectivity index is 1.96. The molecule has 0 fully saturated rings. The molecule has 0 saturated heterocycles. The first-order chi connectivity index (χ1) is 13.0. The van der Waals surface area contributed by atoms with Gasteiger partial charge >= 0.3 is 0 Å². The second-order valence-corrected chi connectivity index (χ2v) is 8.31. The third-order valence-electron chi connectivity index (χ3n) is 5.16. The van der Waals surface area contributed by atoms with E-state index in [1.807, 2.05) is 22.9 Å². The van der Waals surface area contributed by atoms with E-state index in [4.69, 9.17) is 10.1 Å². The predicted molar refractivity (Wildman–Crippen MR) is 114 cm³/mol. The van der Waals surface area contributed by atoms with Crippen molar-refractivity contribution in [2.75, 3.05) is 0 Å². The van der Waals surface area contributed by atoms with Gasteiger partial charge in [-0.2, -0.15) is 5.10 Å². The van der Waals surface area contributed by atoms with Crippen molar-refractivity contribution in [3.8, 4) is 5.69 Å². The van der Waals surface area contributed by atoms with Gasteiger partial charge in [0.15, 0.2) is 5.65 Å². The summed E-state index contributed by atoms with van der Waals surface area (Å²) >= 11 is 0. The fourth-order valence-corrected chi connectivity index (χ4v) is 3.51. The number of nitrogens with zero attached hydrogens (tertiary/aromatic N) is 3. The Labute approximate surface area is 161 Å². The van der Waals surface area contributed by atoms with Crippen LogP contribution in [0.3, 0.4) is 0 Å². The summed E-state index contributed by atoms with van der Waals surface area (Å²) in [6, 6.07) is 19.2. The molecular formula is C24H27N3. The van der Waals surface area contributed by atoms with Crippen molar-refractivity contribution in [2.45, 2.75) is 52.4 Å². The van der Waals surface area contributed by atoms with E-state index in [9.17, 15) is 0 Å². The number of aromatic nitrogens is 3. The molecule has 3 heteroatoms.